The monoisotopic (exact) mass is 265 g/mol. The van der Waals surface area contributed by atoms with Gasteiger partial charge in [-0.15, -0.1) is 0 Å². The number of rotatable bonds is 4. The van der Waals surface area contributed by atoms with Crippen molar-refractivity contribution in [2.75, 3.05) is 6.54 Å². The van der Waals surface area contributed by atoms with Crippen molar-refractivity contribution in [2.24, 2.45) is 5.73 Å². The highest BCUT2D eigenvalue weighted by Crippen LogP contribution is 2.28. The molecule has 0 aliphatic heterocycles. The largest absolute Gasteiger partial charge is 0.468 e. The molecule has 0 saturated carbocycles. The van der Waals surface area contributed by atoms with Gasteiger partial charge in [-0.25, -0.2) is 8.42 Å². The smallest absolute Gasteiger partial charge is 0.189 e. The van der Waals surface area contributed by atoms with Crippen molar-refractivity contribution in [3.05, 3.63) is 54.0 Å². The van der Waals surface area contributed by atoms with E-state index >= 15 is 0 Å². The Balaban J connectivity index is 2.44. The molecule has 1 aromatic carbocycles. The minimum atomic E-state index is -3.51. The molecule has 0 bridgehead atoms. The van der Waals surface area contributed by atoms with Crippen LogP contribution in [-0.4, -0.2) is 15.0 Å². The van der Waals surface area contributed by atoms with E-state index in [4.69, 9.17) is 10.2 Å². The van der Waals surface area contributed by atoms with E-state index in [1.54, 1.807) is 36.4 Å². The Bertz CT molecular complexity index is 600. The molecule has 1 atom stereocenters. The van der Waals surface area contributed by atoms with Crippen LogP contribution in [0.4, 0.5) is 0 Å². The van der Waals surface area contributed by atoms with Crippen molar-refractivity contribution in [1.29, 1.82) is 0 Å². The van der Waals surface area contributed by atoms with E-state index in [9.17, 15) is 8.42 Å². The molecule has 1 heterocycles. The third-order valence-electron chi connectivity index (χ3n) is 2.80. The van der Waals surface area contributed by atoms with Crippen LogP contribution in [0.25, 0.3) is 0 Å². The molecule has 2 aromatic rings. The minimum absolute atomic E-state index is 0.0102. The zero-order valence-electron chi connectivity index (χ0n) is 10.0. The Morgan fingerprint density at radius 2 is 1.89 bits per heavy atom. The summed E-state index contributed by atoms with van der Waals surface area (Å²) in [7, 11) is -3.51. The van der Waals surface area contributed by atoms with E-state index in [0.717, 1.165) is 5.56 Å². The first-order valence-electron chi connectivity index (χ1n) is 5.59. The van der Waals surface area contributed by atoms with Crippen LogP contribution in [0.3, 0.4) is 0 Å². The molecule has 0 saturated heterocycles. The molecule has 0 amide bonds. The maximum Gasteiger partial charge on any atom is 0.189 e. The summed E-state index contributed by atoms with van der Waals surface area (Å²) in [4.78, 5) is 0.264. The molecule has 96 valence electrons. The summed E-state index contributed by atoms with van der Waals surface area (Å²) in [6, 6.07) is 10.0. The average molecular weight is 265 g/mol. The first-order valence-corrected chi connectivity index (χ1v) is 7.14. The molecule has 0 spiro atoms. The predicted molar refractivity (Wildman–Crippen MR) is 68.9 cm³/mol. The molecule has 5 heteroatoms. The van der Waals surface area contributed by atoms with Crippen LogP contribution >= 0.6 is 0 Å². The zero-order chi connectivity index (χ0) is 13.2. The Kier molecular flexibility index (Phi) is 3.54. The molecule has 4 nitrogen and oxygen atoms in total. The normalized spacial score (nSPS) is 13.4. The number of furan rings is 1. The molecule has 18 heavy (non-hydrogen) atoms. The van der Waals surface area contributed by atoms with Crippen LogP contribution in [0, 0.1) is 6.92 Å². The topological polar surface area (TPSA) is 73.3 Å². The molecule has 1 aromatic heterocycles. The van der Waals surface area contributed by atoms with Gasteiger partial charge in [0.1, 0.15) is 11.0 Å². The third-order valence-corrected chi connectivity index (χ3v) is 4.90. The van der Waals surface area contributed by atoms with E-state index in [1.807, 2.05) is 6.92 Å². The van der Waals surface area contributed by atoms with Crippen molar-refractivity contribution < 1.29 is 12.8 Å². The Labute approximate surface area is 106 Å². The highest BCUT2D eigenvalue weighted by Gasteiger charge is 2.29. The van der Waals surface area contributed by atoms with Crippen molar-refractivity contribution >= 4 is 9.84 Å². The molecule has 2 rings (SSSR count). The number of aryl methyl sites for hydroxylation is 1. The van der Waals surface area contributed by atoms with Crippen molar-refractivity contribution in [3.63, 3.8) is 0 Å². The van der Waals surface area contributed by atoms with Crippen LogP contribution in [-0.2, 0) is 9.84 Å². The lowest BCUT2D eigenvalue weighted by atomic mass is 10.2. The van der Waals surface area contributed by atoms with Crippen LogP contribution in [0.5, 0.6) is 0 Å². The lowest BCUT2D eigenvalue weighted by Gasteiger charge is -2.13. The highest BCUT2D eigenvalue weighted by molar-refractivity contribution is 7.91. The van der Waals surface area contributed by atoms with Gasteiger partial charge < -0.3 is 10.2 Å². The molecular formula is C13H15NO3S. The van der Waals surface area contributed by atoms with Crippen LogP contribution in [0.1, 0.15) is 16.6 Å². The minimum Gasteiger partial charge on any atom is -0.468 e. The summed E-state index contributed by atoms with van der Waals surface area (Å²) in [6.45, 7) is 1.90. The summed E-state index contributed by atoms with van der Waals surface area (Å²) in [5.41, 5.74) is 6.59. The van der Waals surface area contributed by atoms with Gasteiger partial charge in [0, 0.05) is 6.54 Å². The van der Waals surface area contributed by atoms with Crippen LogP contribution in [0.15, 0.2) is 52.0 Å². The summed E-state index contributed by atoms with van der Waals surface area (Å²) in [6.07, 6.45) is 1.45. The number of sulfone groups is 1. The van der Waals surface area contributed by atoms with Crippen molar-refractivity contribution in [2.45, 2.75) is 17.1 Å². The molecule has 2 N–H and O–H groups in total. The molecule has 0 aliphatic carbocycles. The Morgan fingerprint density at radius 3 is 2.39 bits per heavy atom. The molecular weight excluding hydrogens is 250 g/mol. The number of hydrogen-bond acceptors (Lipinski definition) is 4. The predicted octanol–water partition coefficient (Wildman–Crippen LogP) is 2.06. The fraction of sp³-hybridized carbons (Fsp3) is 0.231. The van der Waals surface area contributed by atoms with Gasteiger partial charge in [0.2, 0.25) is 0 Å². The molecule has 0 fully saturated rings. The third kappa shape index (κ3) is 2.32. The van der Waals surface area contributed by atoms with E-state index in [0.29, 0.717) is 5.76 Å². The maximum atomic E-state index is 12.4. The maximum absolute atomic E-state index is 12.4. The van der Waals surface area contributed by atoms with Gasteiger partial charge in [-0.05, 0) is 31.2 Å². The van der Waals surface area contributed by atoms with E-state index < -0.39 is 15.1 Å². The van der Waals surface area contributed by atoms with Gasteiger partial charge in [0.15, 0.2) is 9.84 Å². The van der Waals surface area contributed by atoms with Gasteiger partial charge in [0.05, 0.1) is 11.2 Å². The van der Waals surface area contributed by atoms with Gasteiger partial charge in [-0.1, -0.05) is 17.7 Å². The first-order chi connectivity index (χ1) is 8.55. The summed E-state index contributed by atoms with van der Waals surface area (Å²) >= 11 is 0. The van der Waals surface area contributed by atoms with Crippen LogP contribution < -0.4 is 5.73 Å². The second-order valence-corrected chi connectivity index (χ2v) is 6.23. The first kappa shape index (κ1) is 12.9. The van der Waals surface area contributed by atoms with E-state index in [-0.39, 0.29) is 11.4 Å². The fourth-order valence-corrected chi connectivity index (χ4v) is 3.30. The summed E-state index contributed by atoms with van der Waals surface area (Å²) < 4.78 is 30.0. The quantitative estimate of drug-likeness (QED) is 0.918. The van der Waals surface area contributed by atoms with Crippen molar-refractivity contribution in [1.82, 2.24) is 0 Å². The Hall–Kier alpha value is -1.59. The van der Waals surface area contributed by atoms with E-state index in [1.165, 1.54) is 6.26 Å². The van der Waals surface area contributed by atoms with Gasteiger partial charge >= 0.3 is 0 Å². The van der Waals surface area contributed by atoms with Crippen molar-refractivity contribution in [3.8, 4) is 0 Å². The fourth-order valence-electron chi connectivity index (χ4n) is 1.76. The molecule has 0 radical (unpaired) electrons. The Morgan fingerprint density at radius 1 is 1.22 bits per heavy atom. The molecule has 1 unspecified atom stereocenters. The lowest BCUT2D eigenvalue weighted by Crippen LogP contribution is -2.21. The number of hydrogen-bond donors (Lipinski definition) is 1. The van der Waals surface area contributed by atoms with Crippen LogP contribution in [0.2, 0.25) is 0 Å². The average Bonchev–Trinajstić information content (AvgIpc) is 2.84. The molecule has 0 aliphatic rings. The highest BCUT2D eigenvalue weighted by atomic mass is 32.2. The second-order valence-electron chi connectivity index (χ2n) is 4.10. The zero-order valence-corrected chi connectivity index (χ0v) is 10.9. The van der Waals surface area contributed by atoms with E-state index in [2.05, 4.69) is 0 Å². The van der Waals surface area contributed by atoms with Gasteiger partial charge in [0.25, 0.3) is 0 Å². The SMILES string of the molecule is Cc1ccc(S(=O)(=O)C(CN)c2ccco2)cc1. The number of benzene rings is 1. The second kappa shape index (κ2) is 4.96. The lowest BCUT2D eigenvalue weighted by molar-refractivity contribution is 0.492. The van der Waals surface area contributed by atoms with Gasteiger partial charge in [-0.3, -0.25) is 0 Å². The summed E-state index contributed by atoms with van der Waals surface area (Å²) in [5.74, 6) is 0.373. The standard InChI is InChI=1S/C13H15NO3S/c1-10-4-6-11(7-5-10)18(15,16)13(9-14)12-3-2-8-17-12/h2-8,13H,9,14H2,1H3. The van der Waals surface area contributed by atoms with Gasteiger partial charge in [-0.2, -0.15) is 0 Å². The summed E-state index contributed by atoms with van der Waals surface area (Å²) in [5, 5.41) is -0.838. The number of nitrogens with two attached hydrogens (primary N) is 1.